The van der Waals surface area contributed by atoms with Gasteiger partial charge in [0.05, 0.1) is 0 Å². The first-order chi connectivity index (χ1) is 35.7. The van der Waals surface area contributed by atoms with Crippen LogP contribution < -0.4 is 16.4 Å². The molecule has 0 saturated heterocycles. The smallest absolute Gasteiger partial charge is 0.243 e. The van der Waals surface area contributed by atoms with E-state index in [1.165, 1.54) is 105 Å². The van der Waals surface area contributed by atoms with Gasteiger partial charge < -0.3 is 0 Å². The van der Waals surface area contributed by atoms with Gasteiger partial charge in [0, 0.05) is 48.3 Å². The third-order valence-corrected chi connectivity index (χ3v) is 18.0. The monoisotopic (exact) mass is 1000 g/mol. The van der Waals surface area contributed by atoms with Gasteiger partial charge in [-0.3, -0.25) is 15.0 Å². The molecule has 0 amide bonds. The van der Waals surface area contributed by atoms with Crippen LogP contribution in [0.5, 0.6) is 0 Å². The van der Waals surface area contributed by atoms with Gasteiger partial charge in [0.2, 0.25) is 6.71 Å². The fourth-order valence-electron chi connectivity index (χ4n) is 13.6. The number of pyridine rings is 3. The number of aromatic nitrogens is 3. The molecule has 3 aromatic heterocycles. The standard InChI is InChI=1S/C72H86BN3/c1-45-37-48(4)66(73(67-49(5)38-46(2)64(52(67)8)59-24-21-35-75-43-59)68-50(6)39-47(3)65(53(68)9)60-25-22-36-76-44-60)51(7)63(45)57-32-30-56(31-33-57)62(40-69(10,11)12)72(18,19)71(16,17)41-61(70(13,14)15)55-28-26-54(27-29-55)58-23-20-34-74-42-58/h20-39,42-44,61-62H,40-41H2,1-19H3. The lowest BCUT2D eigenvalue weighted by atomic mass is 9.32. The molecule has 8 rings (SSSR count). The van der Waals surface area contributed by atoms with Crippen molar-refractivity contribution in [1.82, 2.24) is 15.0 Å². The van der Waals surface area contributed by atoms with E-state index >= 15 is 0 Å². The molecule has 0 fully saturated rings. The summed E-state index contributed by atoms with van der Waals surface area (Å²) in [6.07, 6.45) is 13.8. The highest BCUT2D eigenvalue weighted by atomic mass is 14.6. The Morgan fingerprint density at radius 3 is 1.09 bits per heavy atom. The first kappa shape index (κ1) is 55.8. The molecule has 0 spiro atoms. The summed E-state index contributed by atoms with van der Waals surface area (Å²) < 4.78 is 0. The Labute approximate surface area is 459 Å². The van der Waals surface area contributed by atoms with Crippen molar-refractivity contribution < 1.29 is 0 Å². The van der Waals surface area contributed by atoms with Gasteiger partial charge in [-0.05, 0) is 205 Å². The van der Waals surface area contributed by atoms with Gasteiger partial charge in [-0.2, -0.15) is 0 Å². The Bertz CT molecular complexity index is 3230. The Morgan fingerprint density at radius 1 is 0.382 bits per heavy atom. The van der Waals surface area contributed by atoms with Gasteiger partial charge in [0.1, 0.15) is 0 Å². The van der Waals surface area contributed by atoms with Crippen LogP contribution >= 0.6 is 0 Å². The van der Waals surface area contributed by atoms with Gasteiger partial charge in [-0.25, -0.2) is 0 Å². The lowest BCUT2D eigenvalue weighted by Crippen LogP contribution is -2.58. The Morgan fingerprint density at radius 2 is 0.737 bits per heavy atom. The molecule has 4 heteroatoms. The van der Waals surface area contributed by atoms with E-state index in [0.717, 1.165) is 29.5 Å². The first-order valence-corrected chi connectivity index (χ1v) is 28.0. The molecule has 76 heavy (non-hydrogen) atoms. The minimum absolute atomic E-state index is 0.0120. The molecule has 2 unspecified atom stereocenters. The maximum atomic E-state index is 4.62. The van der Waals surface area contributed by atoms with Crippen molar-refractivity contribution in [2.24, 2.45) is 21.7 Å². The number of hydrogen-bond donors (Lipinski definition) is 0. The van der Waals surface area contributed by atoms with Crippen molar-refractivity contribution in [2.45, 2.75) is 156 Å². The van der Waals surface area contributed by atoms with E-state index in [4.69, 9.17) is 0 Å². The van der Waals surface area contributed by atoms with Crippen LogP contribution in [0.1, 0.15) is 155 Å². The SMILES string of the molecule is Cc1cc(C)c(-c2ccc(C(CC(C)(C)C)C(C)(C)C(C)(C)CC(c3ccc(-c4cccnc4)cc3)C(C)(C)C)cc2)c(C)c1B(c1c(C)cc(C)c(-c2cccnc2)c1C)c1c(C)cc(C)c(-c2cccnc2)c1C. The lowest BCUT2D eigenvalue weighted by molar-refractivity contribution is 0.0305. The molecular weight excluding hydrogens is 918 g/mol. The van der Waals surface area contributed by atoms with Gasteiger partial charge >= 0.3 is 0 Å². The molecule has 3 heterocycles. The molecule has 5 aromatic carbocycles. The summed E-state index contributed by atoms with van der Waals surface area (Å²) in [7, 11) is 0. The first-order valence-electron chi connectivity index (χ1n) is 28.0. The third kappa shape index (κ3) is 11.1. The number of rotatable bonds is 14. The topological polar surface area (TPSA) is 38.7 Å². The van der Waals surface area contributed by atoms with E-state index in [1.54, 1.807) is 0 Å². The summed E-state index contributed by atoms with van der Waals surface area (Å²) in [5, 5.41) is 0. The second-order valence-electron chi connectivity index (χ2n) is 26.2. The summed E-state index contributed by atoms with van der Waals surface area (Å²) in [5.41, 5.74) is 28.7. The summed E-state index contributed by atoms with van der Waals surface area (Å²) >= 11 is 0. The zero-order chi connectivity index (χ0) is 55.2. The third-order valence-electron chi connectivity index (χ3n) is 18.0. The zero-order valence-electron chi connectivity index (χ0n) is 49.8. The summed E-state index contributed by atoms with van der Waals surface area (Å²) in [6.45, 7) is 45.7. The normalized spacial score (nSPS) is 13.2. The van der Waals surface area contributed by atoms with Crippen molar-refractivity contribution in [3.05, 3.63) is 202 Å². The molecule has 392 valence electrons. The lowest BCUT2D eigenvalue weighted by Gasteiger charge is -2.51. The Hall–Kier alpha value is -6.39. The van der Waals surface area contributed by atoms with Crippen molar-refractivity contribution >= 4 is 23.1 Å². The average molecular weight is 1000 g/mol. The highest BCUT2D eigenvalue weighted by Crippen LogP contribution is 2.58. The highest BCUT2D eigenvalue weighted by Gasteiger charge is 2.47. The minimum atomic E-state index is -0.0477. The highest BCUT2D eigenvalue weighted by molar-refractivity contribution is 6.97. The van der Waals surface area contributed by atoms with Crippen LogP contribution in [-0.4, -0.2) is 21.7 Å². The molecular formula is C72H86BN3. The van der Waals surface area contributed by atoms with Crippen molar-refractivity contribution in [1.29, 1.82) is 0 Å². The van der Waals surface area contributed by atoms with Crippen LogP contribution in [0, 0.1) is 84.0 Å². The molecule has 0 aliphatic rings. The second-order valence-corrected chi connectivity index (χ2v) is 26.2. The van der Waals surface area contributed by atoms with Crippen LogP contribution in [0.3, 0.4) is 0 Å². The van der Waals surface area contributed by atoms with E-state index in [-0.39, 0.29) is 28.4 Å². The molecule has 8 aromatic rings. The molecule has 0 bridgehead atoms. The van der Waals surface area contributed by atoms with E-state index in [9.17, 15) is 0 Å². The molecule has 0 N–H and O–H groups in total. The summed E-state index contributed by atoms with van der Waals surface area (Å²) in [4.78, 5) is 13.6. The minimum Gasteiger partial charge on any atom is -0.264 e. The van der Waals surface area contributed by atoms with E-state index in [0.29, 0.717) is 11.8 Å². The molecule has 2 atom stereocenters. The van der Waals surface area contributed by atoms with Crippen LogP contribution in [0.25, 0.3) is 44.5 Å². The number of nitrogens with zero attached hydrogens (tertiary/aromatic N) is 3. The zero-order valence-corrected chi connectivity index (χ0v) is 49.8. The maximum absolute atomic E-state index is 4.62. The van der Waals surface area contributed by atoms with Crippen LogP contribution in [0.2, 0.25) is 0 Å². The summed E-state index contributed by atoms with van der Waals surface area (Å²) in [5.74, 6) is 0.699. The Balaban J connectivity index is 1.26. The van der Waals surface area contributed by atoms with Gasteiger partial charge in [-0.1, -0.05) is 187 Å². The Kier molecular flexibility index (Phi) is 15.8. The predicted molar refractivity (Wildman–Crippen MR) is 329 cm³/mol. The van der Waals surface area contributed by atoms with Crippen molar-refractivity contribution in [3.63, 3.8) is 0 Å². The van der Waals surface area contributed by atoms with Crippen LogP contribution in [0.4, 0.5) is 0 Å². The van der Waals surface area contributed by atoms with Crippen molar-refractivity contribution in [2.75, 3.05) is 0 Å². The van der Waals surface area contributed by atoms with Gasteiger partial charge in [0.25, 0.3) is 0 Å². The molecule has 0 aliphatic heterocycles. The summed E-state index contributed by atoms with van der Waals surface area (Å²) in [6, 6.07) is 39.2. The van der Waals surface area contributed by atoms with E-state index in [2.05, 4.69) is 244 Å². The van der Waals surface area contributed by atoms with Gasteiger partial charge in [-0.15, -0.1) is 0 Å². The van der Waals surface area contributed by atoms with E-state index < -0.39 is 0 Å². The van der Waals surface area contributed by atoms with Crippen molar-refractivity contribution in [3.8, 4) is 44.5 Å². The number of aryl methyl sites for hydroxylation is 6. The fourth-order valence-corrected chi connectivity index (χ4v) is 13.6. The van der Waals surface area contributed by atoms with Gasteiger partial charge in [0.15, 0.2) is 0 Å². The quantitative estimate of drug-likeness (QED) is 0.102. The molecule has 0 aliphatic carbocycles. The molecule has 3 nitrogen and oxygen atoms in total. The van der Waals surface area contributed by atoms with Crippen LogP contribution in [0.15, 0.2) is 140 Å². The van der Waals surface area contributed by atoms with Crippen LogP contribution in [-0.2, 0) is 0 Å². The maximum Gasteiger partial charge on any atom is 0.243 e. The predicted octanol–water partition coefficient (Wildman–Crippen LogP) is 17.6. The average Bonchev–Trinajstić information content (AvgIpc) is 3.39. The second kappa shape index (κ2) is 21.6. The fraction of sp³-hybridized carbons (Fsp3) is 0.375. The largest absolute Gasteiger partial charge is 0.264 e. The van der Waals surface area contributed by atoms with E-state index in [1.807, 2.05) is 43.2 Å². The molecule has 0 radical (unpaired) electrons. The number of hydrogen-bond acceptors (Lipinski definition) is 3. The number of benzene rings is 5. The molecule has 0 saturated carbocycles.